The molecule has 0 atom stereocenters. The number of rotatable bonds is 3. The molecule has 0 aromatic carbocycles. The summed E-state index contributed by atoms with van der Waals surface area (Å²) in [7, 11) is 1.73. The minimum Gasteiger partial charge on any atom is -0.365 e. The summed E-state index contributed by atoms with van der Waals surface area (Å²) < 4.78 is 7.70. The van der Waals surface area contributed by atoms with Crippen LogP contribution in [0.15, 0.2) is 12.3 Å². The number of aromatic nitrogens is 2. The van der Waals surface area contributed by atoms with E-state index in [9.17, 15) is 9.59 Å². The molecule has 3 rings (SSSR count). The van der Waals surface area contributed by atoms with Gasteiger partial charge in [0, 0.05) is 24.5 Å². The van der Waals surface area contributed by atoms with Gasteiger partial charge in [0.25, 0.3) is 11.8 Å². The van der Waals surface area contributed by atoms with Crippen molar-refractivity contribution in [3.8, 4) is 0 Å². The summed E-state index contributed by atoms with van der Waals surface area (Å²) in [6.07, 6.45) is 2.24. The second-order valence-corrected chi connectivity index (χ2v) is 8.38. The molecule has 1 aliphatic heterocycles. The number of hydrogen-bond donors (Lipinski definition) is 2. The minimum atomic E-state index is -0.570. The number of nitrogens with two attached hydrogens (primary N) is 1. The van der Waals surface area contributed by atoms with E-state index in [0.29, 0.717) is 17.0 Å². The Balaban J connectivity index is 2.05. The number of nitrogens with one attached hydrogen (secondary N) is 1. The third-order valence-corrected chi connectivity index (χ3v) is 5.56. The molecule has 2 aromatic rings. The third kappa shape index (κ3) is 3.19. The number of fused-ring (bicyclic) bond motifs is 1. The Labute approximate surface area is 150 Å². The molecule has 0 bridgehead atoms. The maximum Gasteiger partial charge on any atom is 0.276 e. The van der Waals surface area contributed by atoms with E-state index in [1.165, 1.54) is 11.3 Å². The predicted molar refractivity (Wildman–Crippen MR) is 95.9 cm³/mol. The second-order valence-electron chi connectivity index (χ2n) is 7.36. The molecule has 0 spiro atoms. The summed E-state index contributed by atoms with van der Waals surface area (Å²) in [5.41, 5.74) is 6.14. The van der Waals surface area contributed by atoms with E-state index in [4.69, 9.17) is 10.5 Å². The van der Waals surface area contributed by atoms with Crippen molar-refractivity contribution in [2.24, 2.45) is 12.8 Å². The Morgan fingerprint density at radius 1 is 1.36 bits per heavy atom. The fourth-order valence-corrected chi connectivity index (χ4v) is 4.63. The fraction of sp³-hybridized carbons (Fsp3) is 0.471. The lowest BCUT2D eigenvalue weighted by Crippen LogP contribution is -2.42. The molecule has 7 nitrogen and oxygen atoms in total. The molecule has 0 saturated heterocycles. The molecular weight excluding hydrogens is 340 g/mol. The largest absolute Gasteiger partial charge is 0.365 e. The van der Waals surface area contributed by atoms with E-state index in [1.54, 1.807) is 24.0 Å². The van der Waals surface area contributed by atoms with Crippen LogP contribution in [0.5, 0.6) is 0 Å². The molecule has 0 radical (unpaired) electrons. The number of hydrogen-bond acceptors (Lipinski definition) is 5. The zero-order valence-corrected chi connectivity index (χ0v) is 15.8. The lowest BCUT2D eigenvalue weighted by Gasteiger charge is -2.41. The third-order valence-electron chi connectivity index (χ3n) is 4.11. The van der Waals surface area contributed by atoms with Crippen LogP contribution in [0.3, 0.4) is 0 Å². The average Bonchev–Trinajstić information content (AvgIpc) is 3.01. The Bertz CT molecular complexity index is 863. The van der Waals surface area contributed by atoms with Crippen molar-refractivity contribution in [2.45, 2.75) is 45.3 Å². The van der Waals surface area contributed by atoms with Crippen molar-refractivity contribution in [1.29, 1.82) is 0 Å². The molecule has 134 valence electrons. The number of anilines is 1. The van der Waals surface area contributed by atoms with Gasteiger partial charge in [0.05, 0.1) is 16.8 Å². The van der Waals surface area contributed by atoms with Crippen LogP contribution in [-0.2, 0) is 23.8 Å². The Morgan fingerprint density at radius 2 is 2.04 bits per heavy atom. The molecule has 1 aliphatic rings. The molecule has 8 heteroatoms. The van der Waals surface area contributed by atoms with Gasteiger partial charge in [-0.1, -0.05) is 0 Å². The van der Waals surface area contributed by atoms with E-state index < -0.39 is 17.1 Å². The molecule has 0 unspecified atom stereocenters. The van der Waals surface area contributed by atoms with E-state index in [0.717, 1.165) is 10.4 Å². The van der Waals surface area contributed by atoms with Crippen molar-refractivity contribution in [3.05, 3.63) is 34.0 Å². The number of thiophene rings is 1. The summed E-state index contributed by atoms with van der Waals surface area (Å²) in [5.74, 6) is -0.929. The van der Waals surface area contributed by atoms with Gasteiger partial charge < -0.3 is 15.8 Å². The second kappa shape index (κ2) is 5.67. The van der Waals surface area contributed by atoms with Crippen LogP contribution in [0, 0.1) is 0 Å². The van der Waals surface area contributed by atoms with Crippen molar-refractivity contribution in [2.75, 3.05) is 5.32 Å². The Kier molecular flexibility index (Phi) is 4.00. The lowest BCUT2D eigenvalue weighted by atomic mass is 9.86. The smallest absolute Gasteiger partial charge is 0.276 e. The van der Waals surface area contributed by atoms with Gasteiger partial charge in [-0.05, 0) is 39.3 Å². The fourth-order valence-electron chi connectivity index (χ4n) is 3.37. The highest BCUT2D eigenvalue weighted by Crippen LogP contribution is 2.48. The van der Waals surface area contributed by atoms with Crippen molar-refractivity contribution >= 4 is 28.2 Å². The van der Waals surface area contributed by atoms with Crippen LogP contribution in [0.25, 0.3) is 0 Å². The highest BCUT2D eigenvalue weighted by Gasteiger charge is 2.42. The van der Waals surface area contributed by atoms with Gasteiger partial charge >= 0.3 is 0 Å². The summed E-state index contributed by atoms with van der Waals surface area (Å²) in [6, 6.07) is 1.61. The number of nitrogens with zero attached hydrogens (tertiary/aromatic N) is 2. The van der Waals surface area contributed by atoms with E-state index in [-0.39, 0.29) is 11.6 Å². The van der Waals surface area contributed by atoms with Gasteiger partial charge in [-0.2, -0.15) is 5.10 Å². The van der Waals surface area contributed by atoms with Gasteiger partial charge in [0.15, 0.2) is 5.69 Å². The highest BCUT2D eigenvalue weighted by molar-refractivity contribution is 7.17. The first-order valence-corrected chi connectivity index (χ1v) is 8.79. The van der Waals surface area contributed by atoms with Crippen LogP contribution in [-0.4, -0.2) is 27.2 Å². The summed E-state index contributed by atoms with van der Waals surface area (Å²) in [5, 5.41) is 7.32. The van der Waals surface area contributed by atoms with Crippen LogP contribution in [0.4, 0.5) is 5.00 Å². The summed E-state index contributed by atoms with van der Waals surface area (Å²) in [4.78, 5) is 25.5. The quantitative estimate of drug-likeness (QED) is 0.876. The number of carbonyl (C=O) groups is 2. The first kappa shape index (κ1) is 17.6. The van der Waals surface area contributed by atoms with Gasteiger partial charge in [0.2, 0.25) is 0 Å². The zero-order chi connectivity index (χ0) is 18.6. The predicted octanol–water partition coefficient (Wildman–Crippen LogP) is 2.42. The Morgan fingerprint density at radius 3 is 2.60 bits per heavy atom. The molecule has 3 N–H and O–H groups in total. The molecule has 0 saturated carbocycles. The maximum atomic E-state index is 12.4. The van der Waals surface area contributed by atoms with Gasteiger partial charge in [0.1, 0.15) is 5.00 Å². The summed E-state index contributed by atoms with van der Waals surface area (Å²) in [6.45, 7) is 7.87. The van der Waals surface area contributed by atoms with Crippen LogP contribution in [0.2, 0.25) is 0 Å². The van der Waals surface area contributed by atoms with Gasteiger partial charge in [-0.25, -0.2) is 0 Å². The van der Waals surface area contributed by atoms with Crippen LogP contribution >= 0.6 is 11.3 Å². The van der Waals surface area contributed by atoms with Crippen molar-refractivity contribution in [3.63, 3.8) is 0 Å². The van der Waals surface area contributed by atoms with E-state index in [2.05, 4.69) is 10.4 Å². The van der Waals surface area contributed by atoms with Crippen molar-refractivity contribution in [1.82, 2.24) is 9.78 Å². The van der Waals surface area contributed by atoms with E-state index >= 15 is 0 Å². The van der Waals surface area contributed by atoms with Crippen molar-refractivity contribution < 1.29 is 14.3 Å². The van der Waals surface area contributed by atoms with Gasteiger partial charge in [-0.15, -0.1) is 11.3 Å². The van der Waals surface area contributed by atoms with Crippen LogP contribution in [0.1, 0.15) is 59.0 Å². The first-order valence-electron chi connectivity index (χ1n) is 7.97. The first-order chi connectivity index (χ1) is 11.5. The number of aryl methyl sites for hydroxylation is 1. The lowest BCUT2D eigenvalue weighted by molar-refractivity contribution is -0.135. The SMILES string of the molecule is Cn1ccc(C(=O)Nc2sc3c(c2C(N)=O)CC(C)(C)OC3(C)C)n1. The number of primary amides is 1. The summed E-state index contributed by atoms with van der Waals surface area (Å²) >= 11 is 1.34. The molecule has 3 heterocycles. The monoisotopic (exact) mass is 362 g/mol. The average molecular weight is 362 g/mol. The van der Waals surface area contributed by atoms with Crippen LogP contribution < -0.4 is 11.1 Å². The standard InChI is InChI=1S/C17H22N4O3S/c1-16(2)8-9-11(13(18)22)15(25-12(9)17(3,4)24-16)19-14(23)10-6-7-21(5)20-10/h6-7H,8H2,1-5H3,(H2,18,22)(H,19,23). The number of carbonyl (C=O) groups excluding carboxylic acids is 2. The molecular formula is C17H22N4O3S. The number of ether oxygens (including phenoxy) is 1. The molecule has 0 fully saturated rings. The van der Waals surface area contributed by atoms with E-state index in [1.807, 2.05) is 27.7 Å². The molecule has 25 heavy (non-hydrogen) atoms. The topological polar surface area (TPSA) is 99.2 Å². The molecule has 2 aromatic heterocycles. The maximum absolute atomic E-state index is 12.4. The molecule has 0 aliphatic carbocycles. The number of amides is 2. The normalized spacial score (nSPS) is 17.8. The molecule has 2 amide bonds. The minimum absolute atomic E-state index is 0.278. The Hall–Kier alpha value is -2.19. The van der Waals surface area contributed by atoms with Gasteiger partial charge in [-0.3, -0.25) is 14.3 Å². The zero-order valence-electron chi connectivity index (χ0n) is 15.0. The highest BCUT2D eigenvalue weighted by atomic mass is 32.1.